The molecule has 2 saturated heterocycles. The number of fused-ring (bicyclic) bond motifs is 2. The average molecular weight is 141 g/mol. The molecule has 0 radical (unpaired) electrons. The zero-order valence-corrected chi connectivity index (χ0v) is 6.71. The van der Waals surface area contributed by atoms with Crippen molar-refractivity contribution < 1.29 is 4.84 Å². The maximum atomic E-state index is 5.53. The van der Waals surface area contributed by atoms with Crippen LogP contribution in [0.3, 0.4) is 0 Å². The minimum Gasteiger partial charge on any atom is -0.298 e. The molecule has 2 bridgehead atoms. The van der Waals surface area contributed by atoms with Crippen molar-refractivity contribution in [2.24, 2.45) is 5.92 Å². The highest BCUT2D eigenvalue weighted by Crippen LogP contribution is 2.33. The normalized spacial score (nSPS) is 53.4. The van der Waals surface area contributed by atoms with Crippen LogP contribution in [0.1, 0.15) is 26.7 Å². The Hall–Kier alpha value is -0.0800. The van der Waals surface area contributed by atoms with Crippen LogP contribution in [0.15, 0.2) is 0 Å². The Balaban J connectivity index is 2.13. The lowest BCUT2D eigenvalue weighted by Gasteiger charge is -2.32. The van der Waals surface area contributed by atoms with Gasteiger partial charge in [-0.2, -0.15) is 5.06 Å². The van der Waals surface area contributed by atoms with E-state index in [4.69, 9.17) is 4.84 Å². The highest BCUT2D eigenvalue weighted by molar-refractivity contribution is 4.85. The van der Waals surface area contributed by atoms with Crippen LogP contribution in [-0.4, -0.2) is 23.8 Å². The number of rotatable bonds is 0. The third kappa shape index (κ3) is 0.789. The smallest absolute Gasteiger partial charge is 0.0729 e. The summed E-state index contributed by atoms with van der Waals surface area (Å²) in [6, 6.07) is 1.32. The lowest BCUT2D eigenvalue weighted by atomic mass is 9.91. The summed E-state index contributed by atoms with van der Waals surface area (Å²) in [6.07, 6.45) is 2.67. The van der Waals surface area contributed by atoms with Crippen LogP contribution in [0.5, 0.6) is 0 Å². The summed E-state index contributed by atoms with van der Waals surface area (Å²) >= 11 is 0. The summed E-state index contributed by atoms with van der Waals surface area (Å²) < 4.78 is 0. The van der Waals surface area contributed by atoms with Gasteiger partial charge < -0.3 is 0 Å². The summed E-state index contributed by atoms with van der Waals surface area (Å²) in [5.74, 6) is 0.816. The molecule has 2 rings (SSSR count). The Kier molecular flexibility index (Phi) is 1.46. The van der Waals surface area contributed by atoms with E-state index < -0.39 is 0 Å². The summed E-state index contributed by atoms with van der Waals surface area (Å²) in [5, 5.41) is 2.17. The van der Waals surface area contributed by atoms with Crippen LogP contribution in [0.4, 0.5) is 0 Å². The standard InChI is InChI=1S/C8H15NO/c1-6-3-4-8-5-10-9(6)7(8)2/h6-8H,3-5H2,1-2H3. The molecule has 58 valence electrons. The number of hydrogen-bond acceptors (Lipinski definition) is 2. The zero-order chi connectivity index (χ0) is 7.14. The van der Waals surface area contributed by atoms with Gasteiger partial charge in [0.25, 0.3) is 0 Å². The topological polar surface area (TPSA) is 12.5 Å². The maximum Gasteiger partial charge on any atom is 0.0729 e. The Morgan fingerprint density at radius 2 is 2.10 bits per heavy atom. The van der Waals surface area contributed by atoms with E-state index in [1.54, 1.807) is 0 Å². The van der Waals surface area contributed by atoms with Gasteiger partial charge in [0.2, 0.25) is 0 Å². The summed E-state index contributed by atoms with van der Waals surface area (Å²) in [5.41, 5.74) is 0. The fraction of sp³-hybridized carbons (Fsp3) is 1.00. The van der Waals surface area contributed by atoms with E-state index in [2.05, 4.69) is 18.9 Å². The molecule has 0 N–H and O–H groups in total. The van der Waals surface area contributed by atoms with Crippen molar-refractivity contribution in [2.75, 3.05) is 6.61 Å². The van der Waals surface area contributed by atoms with Crippen LogP contribution in [0.25, 0.3) is 0 Å². The molecule has 2 fully saturated rings. The van der Waals surface area contributed by atoms with Crippen LogP contribution in [-0.2, 0) is 4.84 Å². The Morgan fingerprint density at radius 3 is 2.80 bits per heavy atom. The minimum atomic E-state index is 0.647. The first-order valence-electron chi connectivity index (χ1n) is 4.20. The van der Waals surface area contributed by atoms with Crippen molar-refractivity contribution in [1.29, 1.82) is 0 Å². The molecular weight excluding hydrogens is 126 g/mol. The minimum absolute atomic E-state index is 0.647. The molecule has 2 heterocycles. The Morgan fingerprint density at radius 1 is 1.30 bits per heavy atom. The highest BCUT2D eigenvalue weighted by Gasteiger charge is 2.38. The van der Waals surface area contributed by atoms with E-state index in [0.717, 1.165) is 12.5 Å². The molecule has 0 amide bonds. The summed E-state index contributed by atoms with van der Waals surface area (Å²) in [7, 11) is 0. The molecular formula is C8H15NO. The number of hydroxylamine groups is 2. The molecule has 0 spiro atoms. The van der Waals surface area contributed by atoms with Crippen molar-refractivity contribution in [2.45, 2.75) is 38.8 Å². The predicted molar refractivity (Wildman–Crippen MR) is 39.4 cm³/mol. The number of nitrogens with zero attached hydrogens (tertiary/aromatic N) is 1. The van der Waals surface area contributed by atoms with E-state index in [1.165, 1.54) is 12.8 Å². The predicted octanol–water partition coefficient (Wildman–Crippen LogP) is 1.42. The second-order valence-electron chi connectivity index (χ2n) is 3.58. The second kappa shape index (κ2) is 2.21. The second-order valence-corrected chi connectivity index (χ2v) is 3.58. The van der Waals surface area contributed by atoms with Crippen LogP contribution in [0, 0.1) is 5.92 Å². The quantitative estimate of drug-likeness (QED) is 0.506. The van der Waals surface area contributed by atoms with Crippen LogP contribution in [0.2, 0.25) is 0 Å². The molecule has 0 aliphatic carbocycles. The summed E-state index contributed by atoms with van der Waals surface area (Å²) in [6.45, 7) is 5.48. The maximum absolute atomic E-state index is 5.53. The number of piperidine rings is 1. The molecule has 4 atom stereocenters. The van der Waals surface area contributed by atoms with Crippen molar-refractivity contribution >= 4 is 0 Å². The first kappa shape index (κ1) is 6.62. The molecule has 0 aromatic rings. The monoisotopic (exact) mass is 141 g/mol. The van der Waals surface area contributed by atoms with E-state index in [9.17, 15) is 0 Å². The van der Waals surface area contributed by atoms with E-state index in [1.807, 2.05) is 0 Å². The first-order chi connectivity index (χ1) is 4.79. The van der Waals surface area contributed by atoms with Gasteiger partial charge in [-0.05, 0) is 26.7 Å². The van der Waals surface area contributed by atoms with E-state index in [-0.39, 0.29) is 0 Å². The molecule has 0 aromatic carbocycles. The third-order valence-corrected chi connectivity index (χ3v) is 2.91. The van der Waals surface area contributed by atoms with Crippen molar-refractivity contribution in [3.63, 3.8) is 0 Å². The van der Waals surface area contributed by atoms with Crippen LogP contribution < -0.4 is 0 Å². The molecule has 2 heteroatoms. The van der Waals surface area contributed by atoms with Gasteiger partial charge in [-0.25, -0.2) is 0 Å². The molecule has 10 heavy (non-hydrogen) atoms. The third-order valence-electron chi connectivity index (χ3n) is 2.91. The van der Waals surface area contributed by atoms with Crippen molar-refractivity contribution in [3.8, 4) is 0 Å². The zero-order valence-electron chi connectivity index (χ0n) is 6.71. The average Bonchev–Trinajstić information content (AvgIpc) is 2.13. The first-order valence-corrected chi connectivity index (χ1v) is 4.20. The molecule has 0 aromatic heterocycles. The van der Waals surface area contributed by atoms with Gasteiger partial charge in [0.1, 0.15) is 0 Å². The fourth-order valence-electron chi connectivity index (χ4n) is 2.08. The van der Waals surface area contributed by atoms with Gasteiger partial charge in [0, 0.05) is 18.0 Å². The van der Waals surface area contributed by atoms with Gasteiger partial charge in [-0.1, -0.05) is 0 Å². The van der Waals surface area contributed by atoms with Gasteiger partial charge in [-0.3, -0.25) is 4.84 Å². The summed E-state index contributed by atoms with van der Waals surface area (Å²) in [4.78, 5) is 5.53. The van der Waals surface area contributed by atoms with Crippen LogP contribution >= 0.6 is 0 Å². The van der Waals surface area contributed by atoms with Gasteiger partial charge >= 0.3 is 0 Å². The largest absolute Gasteiger partial charge is 0.298 e. The molecule has 0 saturated carbocycles. The Labute approximate surface area is 62.1 Å². The van der Waals surface area contributed by atoms with Gasteiger partial charge in [0.15, 0.2) is 0 Å². The molecule has 2 aliphatic rings. The van der Waals surface area contributed by atoms with E-state index >= 15 is 0 Å². The lowest BCUT2D eigenvalue weighted by molar-refractivity contribution is -0.158. The van der Waals surface area contributed by atoms with Crippen molar-refractivity contribution in [1.82, 2.24) is 5.06 Å². The lowest BCUT2D eigenvalue weighted by Crippen LogP contribution is -2.40. The van der Waals surface area contributed by atoms with E-state index in [0.29, 0.717) is 12.1 Å². The SMILES string of the molecule is CC1CCC2CON1C2C. The molecule has 4 unspecified atom stereocenters. The highest BCUT2D eigenvalue weighted by atomic mass is 16.7. The Bertz CT molecular complexity index is 137. The molecule has 2 nitrogen and oxygen atoms in total. The van der Waals surface area contributed by atoms with Crippen molar-refractivity contribution in [3.05, 3.63) is 0 Å². The number of hydrogen-bond donors (Lipinski definition) is 0. The molecule has 2 aliphatic heterocycles. The van der Waals surface area contributed by atoms with Gasteiger partial charge in [-0.15, -0.1) is 0 Å². The fourth-order valence-corrected chi connectivity index (χ4v) is 2.08. The van der Waals surface area contributed by atoms with Gasteiger partial charge in [0.05, 0.1) is 6.61 Å².